The average molecular weight is 229 g/mol. The van der Waals surface area contributed by atoms with Crippen molar-refractivity contribution in [2.45, 2.75) is 32.1 Å². The Balaban J connectivity index is 2.03. The highest BCUT2D eigenvalue weighted by molar-refractivity contribution is 6.43. The molecule has 1 amide bonds. The largest absolute Gasteiger partial charge is 0.305 e. The van der Waals surface area contributed by atoms with Gasteiger partial charge in [0, 0.05) is 18.7 Å². The first-order valence-electron chi connectivity index (χ1n) is 6.23. The third-order valence-corrected chi connectivity index (χ3v) is 3.71. The van der Waals surface area contributed by atoms with Crippen molar-refractivity contribution in [3.8, 4) is 0 Å². The summed E-state index contributed by atoms with van der Waals surface area (Å²) in [5, 5.41) is 0. The fraction of sp³-hybridized carbons (Fsp3) is 0.429. The van der Waals surface area contributed by atoms with Crippen molar-refractivity contribution in [2.75, 3.05) is 11.4 Å². The van der Waals surface area contributed by atoms with Crippen molar-refractivity contribution in [3.05, 3.63) is 29.3 Å². The molecule has 0 saturated carbocycles. The van der Waals surface area contributed by atoms with E-state index < -0.39 is 0 Å². The number of carbonyl (C=O) groups is 2. The molecule has 0 N–H and O–H groups in total. The zero-order valence-electron chi connectivity index (χ0n) is 9.74. The van der Waals surface area contributed by atoms with Crippen LogP contribution >= 0.6 is 0 Å². The molecule has 0 radical (unpaired) electrons. The fourth-order valence-corrected chi connectivity index (χ4v) is 2.82. The number of Topliss-reactive ketones (excluding diaryl/α,β-unsaturated/α-hetero) is 1. The predicted molar refractivity (Wildman–Crippen MR) is 65.1 cm³/mol. The summed E-state index contributed by atoms with van der Waals surface area (Å²) in [6.07, 6.45) is 4.90. The molecule has 0 bridgehead atoms. The Labute approximate surface area is 100 Å². The van der Waals surface area contributed by atoms with Crippen LogP contribution in [0.5, 0.6) is 0 Å². The van der Waals surface area contributed by atoms with Crippen molar-refractivity contribution in [1.29, 1.82) is 0 Å². The zero-order valence-corrected chi connectivity index (χ0v) is 9.74. The van der Waals surface area contributed by atoms with E-state index >= 15 is 0 Å². The van der Waals surface area contributed by atoms with E-state index in [1.807, 2.05) is 12.1 Å². The molecule has 17 heavy (non-hydrogen) atoms. The van der Waals surface area contributed by atoms with Gasteiger partial charge in [-0.2, -0.15) is 0 Å². The molecule has 1 aliphatic carbocycles. The molecule has 1 saturated heterocycles. The van der Waals surface area contributed by atoms with Crippen LogP contribution in [0.25, 0.3) is 0 Å². The topological polar surface area (TPSA) is 37.4 Å². The lowest BCUT2D eigenvalue weighted by Crippen LogP contribution is -2.28. The molecule has 3 nitrogen and oxygen atoms in total. The first-order chi connectivity index (χ1) is 8.27. The number of nitrogens with zero attached hydrogens (tertiary/aromatic N) is 1. The minimum atomic E-state index is -0.330. The van der Waals surface area contributed by atoms with Crippen LogP contribution in [-0.2, 0) is 22.4 Å². The summed E-state index contributed by atoms with van der Waals surface area (Å²) in [4.78, 5) is 24.8. The SMILES string of the molecule is O=C1CCN(c2cccc3c2CCCC3)C1=O. The fourth-order valence-electron chi connectivity index (χ4n) is 2.82. The molecule has 0 aromatic heterocycles. The van der Waals surface area contributed by atoms with Gasteiger partial charge < -0.3 is 4.90 Å². The lowest BCUT2D eigenvalue weighted by atomic mass is 9.90. The molecule has 1 aromatic carbocycles. The van der Waals surface area contributed by atoms with E-state index in [4.69, 9.17) is 0 Å². The number of rotatable bonds is 1. The van der Waals surface area contributed by atoms with Crippen LogP contribution in [0.15, 0.2) is 18.2 Å². The van der Waals surface area contributed by atoms with Gasteiger partial charge in [-0.15, -0.1) is 0 Å². The van der Waals surface area contributed by atoms with E-state index in [1.54, 1.807) is 4.90 Å². The van der Waals surface area contributed by atoms with Gasteiger partial charge in [-0.05, 0) is 42.9 Å². The van der Waals surface area contributed by atoms with Crippen LogP contribution in [0.1, 0.15) is 30.4 Å². The van der Waals surface area contributed by atoms with Crippen LogP contribution in [-0.4, -0.2) is 18.2 Å². The molecular weight excluding hydrogens is 214 g/mol. The lowest BCUT2D eigenvalue weighted by molar-refractivity contribution is -0.133. The highest BCUT2D eigenvalue weighted by Crippen LogP contribution is 2.31. The molecular formula is C14H15NO2. The molecule has 1 aliphatic heterocycles. The van der Waals surface area contributed by atoms with E-state index in [0.717, 1.165) is 18.5 Å². The van der Waals surface area contributed by atoms with Crippen LogP contribution < -0.4 is 4.90 Å². The Morgan fingerprint density at radius 1 is 1.00 bits per heavy atom. The van der Waals surface area contributed by atoms with Gasteiger partial charge in [-0.25, -0.2) is 0 Å². The normalized spacial score (nSPS) is 19.6. The number of amides is 1. The molecule has 0 unspecified atom stereocenters. The van der Waals surface area contributed by atoms with Gasteiger partial charge in [0.1, 0.15) is 0 Å². The van der Waals surface area contributed by atoms with Gasteiger partial charge >= 0.3 is 0 Å². The molecule has 1 aromatic rings. The third-order valence-electron chi connectivity index (χ3n) is 3.71. The Bertz CT molecular complexity index is 493. The summed E-state index contributed by atoms with van der Waals surface area (Å²) in [5.41, 5.74) is 3.60. The summed E-state index contributed by atoms with van der Waals surface area (Å²) in [7, 11) is 0. The smallest absolute Gasteiger partial charge is 0.294 e. The Morgan fingerprint density at radius 2 is 1.82 bits per heavy atom. The minimum Gasteiger partial charge on any atom is -0.305 e. The predicted octanol–water partition coefficient (Wildman–Crippen LogP) is 1.87. The third kappa shape index (κ3) is 1.66. The summed E-state index contributed by atoms with van der Waals surface area (Å²) in [6.45, 7) is 0.550. The standard InChI is InChI=1S/C14H15NO2/c16-13-8-9-15(14(13)17)12-7-3-5-10-4-1-2-6-11(10)12/h3,5,7H,1-2,4,6,8-9H2. The van der Waals surface area contributed by atoms with Gasteiger partial charge in [-0.3, -0.25) is 9.59 Å². The number of hydrogen-bond acceptors (Lipinski definition) is 2. The first kappa shape index (κ1) is 10.5. The van der Waals surface area contributed by atoms with Crippen LogP contribution in [0.3, 0.4) is 0 Å². The maximum absolute atomic E-state index is 11.8. The number of carbonyl (C=O) groups excluding carboxylic acids is 2. The molecule has 3 rings (SSSR count). The second kappa shape index (κ2) is 3.99. The molecule has 0 spiro atoms. The maximum Gasteiger partial charge on any atom is 0.294 e. The van der Waals surface area contributed by atoms with Crippen molar-refractivity contribution in [2.24, 2.45) is 0 Å². The number of benzene rings is 1. The minimum absolute atomic E-state index is 0.251. The van der Waals surface area contributed by atoms with Gasteiger partial charge in [0.2, 0.25) is 5.78 Å². The Hall–Kier alpha value is -1.64. The second-order valence-corrected chi connectivity index (χ2v) is 4.75. The van der Waals surface area contributed by atoms with Crippen LogP contribution in [0, 0.1) is 0 Å². The van der Waals surface area contributed by atoms with E-state index in [1.165, 1.54) is 24.0 Å². The lowest BCUT2D eigenvalue weighted by Gasteiger charge is -2.24. The van der Waals surface area contributed by atoms with Crippen LogP contribution in [0.4, 0.5) is 5.69 Å². The van der Waals surface area contributed by atoms with Gasteiger partial charge in [0.05, 0.1) is 0 Å². The zero-order chi connectivity index (χ0) is 11.8. The van der Waals surface area contributed by atoms with Gasteiger partial charge in [-0.1, -0.05) is 12.1 Å². The van der Waals surface area contributed by atoms with E-state index in [-0.39, 0.29) is 11.7 Å². The summed E-state index contributed by atoms with van der Waals surface area (Å²) in [5.74, 6) is -0.581. The number of anilines is 1. The monoisotopic (exact) mass is 229 g/mol. The summed E-state index contributed by atoms with van der Waals surface area (Å²) < 4.78 is 0. The van der Waals surface area contributed by atoms with Gasteiger partial charge in [0.15, 0.2) is 0 Å². The summed E-state index contributed by atoms with van der Waals surface area (Å²) in [6, 6.07) is 6.11. The molecule has 3 heteroatoms. The number of fused-ring (bicyclic) bond motifs is 1. The average Bonchev–Trinajstić information content (AvgIpc) is 2.69. The molecule has 1 heterocycles. The highest BCUT2D eigenvalue weighted by atomic mass is 16.2. The van der Waals surface area contributed by atoms with Crippen molar-refractivity contribution < 1.29 is 9.59 Å². The van der Waals surface area contributed by atoms with Crippen molar-refractivity contribution in [3.63, 3.8) is 0 Å². The van der Waals surface area contributed by atoms with E-state index in [9.17, 15) is 9.59 Å². The number of hydrogen-bond donors (Lipinski definition) is 0. The highest BCUT2D eigenvalue weighted by Gasteiger charge is 2.32. The Morgan fingerprint density at radius 3 is 2.59 bits per heavy atom. The molecule has 2 aliphatic rings. The quantitative estimate of drug-likeness (QED) is 0.689. The Kier molecular flexibility index (Phi) is 2.46. The van der Waals surface area contributed by atoms with Crippen LogP contribution in [0.2, 0.25) is 0 Å². The molecule has 88 valence electrons. The maximum atomic E-state index is 11.8. The second-order valence-electron chi connectivity index (χ2n) is 4.75. The number of aryl methyl sites for hydroxylation is 1. The molecule has 0 atom stereocenters. The first-order valence-corrected chi connectivity index (χ1v) is 6.23. The van der Waals surface area contributed by atoms with E-state index in [2.05, 4.69) is 6.07 Å². The molecule has 1 fully saturated rings. The van der Waals surface area contributed by atoms with E-state index in [0.29, 0.717) is 13.0 Å². The summed E-state index contributed by atoms with van der Waals surface area (Å²) >= 11 is 0. The van der Waals surface area contributed by atoms with Crippen molar-refractivity contribution in [1.82, 2.24) is 0 Å². The van der Waals surface area contributed by atoms with Gasteiger partial charge in [0.25, 0.3) is 5.91 Å². The number of ketones is 1. The van der Waals surface area contributed by atoms with Crippen molar-refractivity contribution >= 4 is 17.4 Å².